The molecular formula is C15H21FN4. The van der Waals surface area contributed by atoms with E-state index in [0.717, 1.165) is 35.5 Å². The van der Waals surface area contributed by atoms with Gasteiger partial charge >= 0.3 is 0 Å². The minimum absolute atomic E-state index is 0.319. The van der Waals surface area contributed by atoms with Crippen molar-refractivity contribution >= 4 is 0 Å². The third-order valence-corrected chi connectivity index (χ3v) is 3.51. The van der Waals surface area contributed by atoms with E-state index in [1.807, 2.05) is 20.8 Å². The molecule has 5 heteroatoms. The second-order valence-electron chi connectivity index (χ2n) is 5.02. The van der Waals surface area contributed by atoms with Gasteiger partial charge in [0.05, 0.1) is 11.9 Å². The van der Waals surface area contributed by atoms with Crippen molar-refractivity contribution in [3.05, 3.63) is 40.6 Å². The molecule has 4 nitrogen and oxygen atoms in total. The number of rotatable bonds is 5. The lowest BCUT2D eigenvalue weighted by atomic mass is 10.2. The van der Waals surface area contributed by atoms with Crippen LogP contribution in [0, 0.1) is 26.6 Å². The van der Waals surface area contributed by atoms with Gasteiger partial charge in [-0.15, -0.1) is 0 Å². The maximum atomic E-state index is 13.4. The van der Waals surface area contributed by atoms with E-state index in [1.54, 1.807) is 4.68 Å². The van der Waals surface area contributed by atoms with Crippen LogP contribution < -0.4 is 5.32 Å². The van der Waals surface area contributed by atoms with E-state index in [2.05, 4.69) is 22.3 Å². The van der Waals surface area contributed by atoms with E-state index in [-0.39, 0.29) is 5.82 Å². The summed E-state index contributed by atoms with van der Waals surface area (Å²) in [7, 11) is 0. The zero-order valence-electron chi connectivity index (χ0n) is 12.5. The average Bonchev–Trinajstić information content (AvgIpc) is 2.67. The topological polar surface area (TPSA) is 42.7 Å². The largest absolute Gasteiger partial charge is 0.313 e. The third-order valence-electron chi connectivity index (χ3n) is 3.51. The smallest absolute Gasteiger partial charge is 0.158 e. The molecule has 2 heterocycles. The Morgan fingerprint density at radius 2 is 2.05 bits per heavy atom. The predicted octanol–water partition coefficient (Wildman–Crippen LogP) is 2.83. The minimum Gasteiger partial charge on any atom is -0.313 e. The molecule has 0 fully saturated rings. The molecule has 0 radical (unpaired) electrons. The van der Waals surface area contributed by atoms with Crippen LogP contribution in [0.15, 0.2) is 12.3 Å². The number of nitrogens with zero attached hydrogens (tertiary/aromatic N) is 3. The molecule has 0 unspecified atom stereocenters. The first kappa shape index (κ1) is 14.7. The molecule has 2 aromatic heterocycles. The van der Waals surface area contributed by atoms with Gasteiger partial charge in [-0.05, 0) is 45.4 Å². The Balaban J connectivity index is 2.42. The molecule has 0 amide bonds. The highest BCUT2D eigenvalue weighted by atomic mass is 19.1. The van der Waals surface area contributed by atoms with Crippen molar-refractivity contribution in [3.63, 3.8) is 0 Å². The summed E-state index contributed by atoms with van der Waals surface area (Å²) in [4.78, 5) is 4.23. The maximum absolute atomic E-state index is 13.4. The number of aromatic nitrogens is 3. The van der Waals surface area contributed by atoms with Crippen molar-refractivity contribution in [2.24, 2.45) is 0 Å². The fraction of sp³-hybridized carbons (Fsp3) is 0.467. The predicted molar refractivity (Wildman–Crippen MR) is 77.5 cm³/mol. The minimum atomic E-state index is -0.319. The first-order chi connectivity index (χ1) is 9.54. The maximum Gasteiger partial charge on any atom is 0.158 e. The second-order valence-corrected chi connectivity index (χ2v) is 5.02. The van der Waals surface area contributed by atoms with E-state index >= 15 is 0 Å². The highest BCUT2D eigenvalue weighted by Crippen LogP contribution is 2.19. The summed E-state index contributed by atoms with van der Waals surface area (Å²) in [6.45, 7) is 9.59. The summed E-state index contributed by atoms with van der Waals surface area (Å²) in [6, 6.07) is 1.52. The Bertz CT molecular complexity index is 604. The lowest BCUT2D eigenvalue weighted by molar-refractivity contribution is 0.606. The molecule has 1 N–H and O–H groups in total. The fourth-order valence-corrected chi connectivity index (χ4v) is 2.12. The molecule has 2 aromatic rings. The van der Waals surface area contributed by atoms with Crippen LogP contribution in [-0.4, -0.2) is 21.3 Å². The second kappa shape index (κ2) is 6.13. The quantitative estimate of drug-likeness (QED) is 0.854. The molecule has 0 spiro atoms. The van der Waals surface area contributed by atoms with Crippen molar-refractivity contribution < 1.29 is 4.39 Å². The van der Waals surface area contributed by atoms with Gasteiger partial charge in [0.1, 0.15) is 5.82 Å². The van der Waals surface area contributed by atoms with Gasteiger partial charge in [-0.1, -0.05) is 6.92 Å². The highest BCUT2D eigenvalue weighted by Gasteiger charge is 2.14. The van der Waals surface area contributed by atoms with Crippen LogP contribution >= 0.6 is 0 Å². The lowest BCUT2D eigenvalue weighted by Gasteiger charge is -2.11. The number of aryl methyl sites for hydroxylation is 1. The molecule has 20 heavy (non-hydrogen) atoms. The first-order valence-corrected chi connectivity index (χ1v) is 6.93. The lowest BCUT2D eigenvalue weighted by Crippen LogP contribution is -2.17. The molecule has 2 rings (SSSR count). The van der Waals surface area contributed by atoms with Gasteiger partial charge in [0.2, 0.25) is 0 Å². The van der Waals surface area contributed by atoms with E-state index in [1.165, 1.54) is 12.3 Å². The molecule has 0 saturated carbocycles. The van der Waals surface area contributed by atoms with Crippen LogP contribution in [0.5, 0.6) is 0 Å². The third kappa shape index (κ3) is 2.88. The van der Waals surface area contributed by atoms with Gasteiger partial charge in [0.15, 0.2) is 5.82 Å². The van der Waals surface area contributed by atoms with Crippen LogP contribution in [0.2, 0.25) is 0 Å². The molecule has 108 valence electrons. The van der Waals surface area contributed by atoms with Crippen molar-refractivity contribution in [2.75, 3.05) is 6.54 Å². The Kier molecular flexibility index (Phi) is 4.49. The number of hydrogen-bond acceptors (Lipinski definition) is 3. The summed E-state index contributed by atoms with van der Waals surface area (Å²) in [5, 5.41) is 7.78. The monoisotopic (exact) mass is 276 g/mol. The summed E-state index contributed by atoms with van der Waals surface area (Å²) in [5.74, 6) is 0.379. The zero-order valence-corrected chi connectivity index (χ0v) is 12.5. The molecule has 0 aliphatic heterocycles. The van der Waals surface area contributed by atoms with Gasteiger partial charge in [-0.3, -0.25) is 0 Å². The van der Waals surface area contributed by atoms with Crippen LogP contribution in [0.25, 0.3) is 5.82 Å². The Morgan fingerprint density at radius 1 is 1.30 bits per heavy atom. The highest BCUT2D eigenvalue weighted by molar-refractivity contribution is 5.37. The van der Waals surface area contributed by atoms with Crippen molar-refractivity contribution in [3.8, 4) is 5.82 Å². The first-order valence-electron chi connectivity index (χ1n) is 6.93. The van der Waals surface area contributed by atoms with Crippen LogP contribution in [0.1, 0.15) is 35.9 Å². The van der Waals surface area contributed by atoms with E-state index in [9.17, 15) is 4.39 Å². The van der Waals surface area contributed by atoms with Gasteiger partial charge in [-0.2, -0.15) is 5.10 Å². The molecule has 0 atom stereocenters. The average molecular weight is 276 g/mol. The molecule has 0 aliphatic rings. The SMILES string of the molecule is CCCNCc1cc(F)cnc1-n1nc(C)c(C)c1C. The van der Waals surface area contributed by atoms with Gasteiger partial charge in [0.25, 0.3) is 0 Å². The van der Waals surface area contributed by atoms with Crippen LogP contribution in [0.4, 0.5) is 4.39 Å². The standard InChI is InChI=1S/C15H21FN4/c1-5-6-17-8-13-7-14(16)9-18-15(13)20-12(4)10(2)11(3)19-20/h7,9,17H,5-6,8H2,1-4H3. The van der Waals surface area contributed by atoms with E-state index < -0.39 is 0 Å². The molecule has 0 saturated heterocycles. The number of pyridine rings is 1. The van der Waals surface area contributed by atoms with Crippen molar-refractivity contribution in [1.29, 1.82) is 0 Å². The number of nitrogens with one attached hydrogen (secondary N) is 1. The number of hydrogen-bond donors (Lipinski definition) is 1. The normalized spacial score (nSPS) is 11.1. The van der Waals surface area contributed by atoms with Crippen LogP contribution in [0.3, 0.4) is 0 Å². The molecular weight excluding hydrogens is 255 g/mol. The van der Waals surface area contributed by atoms with Crippen molar-refractivity contribution in [2.45, 2.75) is 40.7 Å². The van der Waals surface area contributed by atoms with Gasteiger partial charge in [0, 0.05) is 17.8 Å². The van der Waals surface area contributed by atoms with Gasteiger partial charge in [-0.25, -0.2) is 14.1 Å². The Hall–Kier alpha value is -1.75. The molecule has 0 aromatic carbocycles. The molecule has 0 aliphatic carbocycles. The van der Waals surface area contributed by atoms with E-state index in [0.29, 0.717) is 12.4 Å². The number of halogens is 1. The summed E-state index contributed by atoms with van der Waals surface area (Å²) >= 11 is 0. The summed E-state index contributed by atoms with van der Waals surface area (Å²) in [6.07, 6.45) is 2.28. The Labute approximate surface area is 119 Å². The summed E-state index contributed by atoms with van der Waals surface area (Å²) < 4.78 is 15.2. The van der Waals surface area contributed by atoms with Crippen molar-refractivity contribution in [1.82, 2.24) is 20.1 Å². The summed E-state index contributed by atoms with van der Waals surface area (Å²) in [5.41, 5.74) is 3.98. The zero-order chi connectivity index (χ0) is 14.7. The van der Waals surface area contributed by atoms with E-state index in [4.69, 9.17) is 0 Å². The Morgan fingerprint density at radius 3 is 2.65 bits per heavy atom. The van der Waals surface area contributed by atoms with Gasteiger partial charge < -0.3 is 5.32 Å². The fourth-order valence-electron chi connectivity index (χ4n) is 2.12. The molecule has 0 bridgehead atoms. The van der Waals surface area contributed by atoms with Crippen LogP contribution in [-0.2, 0) is 6.54 Å².